The zero-order valence-corrected chi connectivity index (χ0v) is 10.5. The van der Waals surface area contributed by atoms with Crippen LogP contribution in [0.3, 0.4) is 0 Å². The van der Waals surface area contributed by atoms with Crippen molar-refractivity contribution in [2.45, 2.75) is 51.0 Å². The van der Waals surface area contributed by atoms with Gasteiger partial charge in [0.2, 0.25) is 0 Å². The summed E-state index contributed by atoms with van der Waals surface area (Å²) in [5.74, 6) is 0.792. The highest BCUT2D eigenvalue weighted by atomic mass is 16.4. The molecule has 0 bridgehead atoms. The Bertz CT molecular complexity index is 244. The first-order valence-corrected chi connectivity index (χ1v) is 6.96. The summed E-state index contributed by atoms with van der Waals surface area (Å²) in [6.07, 6.45) is 7.64. The lowest BCUT2D eigenvalue weighted by atomic mass is 9.85. The number of carbonyl (C=O) groups is 1. The number of amides is 1. The average molecular weight is 240 g/mol. The predicted molar refractivity (Wildman–Crippen MR) is 67.2 cm³/mol. The lowest BCUT2D eigenvalue weighted by Gasteiger charge is -2.34. The first-order valence-electron chi connectivity index (χ1n) is 6.96. The summed E-state index contributed by atoms with van der Waals surface area (Å²) in [7, 11) is 0. The van der Waals surface area contributed by atoms with Crippen molar-refractivity contribution >= 4 is 6.09 Å². The summed E-state index contributed by atoms with van der Waals surface area (Å²) in [6.45, 7) is 3.78. The molecule has 0 radical (unpaired) electrons. The molecule has 0 spiro atoms. The lowest BCUT2D eigenvalue weighted by molar-refractivity contribution is 0.157. The molecule has 1 saturated carbocycles. The van der Waals surface area contributed by atoms with E-state index in [0.29, 0.717) is 0 Å². The normalized spacial score (nSPS) is 31.1. The van der Waals surface area contributed by atoms with Crippen LogP contribution < -0.4 is 5.32 Å². The smallest absolute Gasteiger partial charge is 0.404 e. The van der Waals surface area contributed by atoms with Gasteiger partial charge in [-0.1, -0.05) is 6.42 Å². The fourth-order valence-corrected chi connectivity index (χ4v) is 3.17. The number of carboxylic acid groups (broad SMARTS) is 1. The van der Waals surface area contributed by atoms with Crippen LogP contribution in [0.4, 0.5) is 4.79 Å². The van der Waals surface area contributed by atoms with Gasteiger partial charge in [-0.25, -0.2) is 4.79 Å². The highest BCUT2D eigenvalue weighted by Gasteiger charge is 2.24. The van der Waals surface area contributed by atoms with Gasteiger partial charge < -0.3 is 15.3 Å². The minimum absolute atomic E-state index is 0.199. The molecular formula is C13H24N2O2. The minimum atomic E-state index is -0.871. The maximum absolute atomic E-state index is 10.5. The fourth-order valence-electron chi connectivity index (χ4n) is 3.17. The number of rotatable bonds is 3. The van der Waals surface area contributed by atoms with Crippen molar-refractivity contribution in [1.82, 2.24) is 10.2 Å². The van der Waals surface area contributed by atoms with E-state index in [1.54, 1.807) is 0 Å². The molecule has 2 N–H and O–H groups in total. The van der Waals surface area contributed by atoms with Crippen LogP contribution in [0.2, 0.25) is 0 Å². The van der Waals surface area contributed by atoms with Crippen molar-refractivity contribution < 1.29 is 9.90 Å². The molecule has 0 aromatic heterocycles. The maximum atomic E-state index is 10.5. The molecule has 98 valence electrons. The molecule has 1 aliphatic heterocycles. The number of nitrogens with zero attached hydrogens (tertiary/aromatic N) is 1. The van der Waals surface area contributed by atoms with Crippen molar-refractivity contribution in [3.8, 4) is 0 Å². The Morgan fingerprint density at radius 1 is 1.12 bits per heavy atom. The van der Waals surface area contributed by atoms with Gasteiger partial charge in [0.15, 0.2) is 0 Å². The number of likely N-dealkylation sites (tertiary alicyclic amines) is 1. The first-order chi connectivity index (χ1) is 8.24. The van der Waals surface area contributed by atoms with Gasteiger partial charge in [-0.3, -0.25) is 0 Å². The summed E-state index contributed by atoms with van der Waals surface area (Å²) in [6, 6.07) is 0.199. The second-order valence-corrected chi connectivity index (χ2v) is 5.53. The standard InChI is InChI=1S/C13H24N2O2/c16-13(17)14-12-6-4-11(5-7-12)10-15-8-2-1-3-9-15/h11-12,14H,1-10H2,(H,16,17). The summed E-state index contributed by atoms with van der Waals surface area (Å²) in [5.41, 5.74) is 0. The third-order valence-electron chi connectivity index (χ3n) is 4.14. The molecule has 1 amide bonds. The number of nitrogens with one attached hydrogen (secondary N) is 1. The fraction of sp³-hybridized carbons (Fsp3) is 0.923. The van der Waals surface area contributed by atoms with E-state index in [4.69, 9.17) is 5.11 Å². The van der Waals surface area contributed by atoms with Crippen molar-refractivity contribution in [2.24, 2.45) is 5.92 Å². The van der Waals surface area contributed by atoms with Gasteiger partial charge >= 0.3 is 6.09 Å². The van der Waals surface area contributed by atoms with Crippen molar-refractivity contribution in [3.63, 3.8) is 0 Å². The molecule has 1 aliphatic carbocycles. The van der Waals surface area contributed by atoms with E-state index in [1.807, 2.05) is 0 Å². The van der Waals surface area contributed by atoms with Crippen molar-refractivity contribution in [1.29, 1.82) is 0 Å². The molecule has 4 nitrogen and oxygen atoms in total. The second kappa shape index (κ2) is 6.24. The Morgan fingerprint density at radius 2 is 1.76 bits per heavy atom. The first kappa shape index (κ1) is 12.7. The van der Waals surface area contributed by atoms with E-state index >= 15 is 0 Å². The van der Waals surface area contributed by atoms with E-state index < -0.39 is 6.09 Å². The minimum Gasteiger partial charge on any atom is -0.465 e. The van der Waals surface area contributed by atoms with Gasteiger partial charge in [-0.05, 0) is 57.5 Å². The molecule has 17 heavy (non-hydrogen) atoms. The molecule has 0 atom stereocenters. The predicted octanol–water partition coefficient (Wildman–Crippen LogP) is 2.30. The highest BCUT2D eigenvalue weighted by Crippen LogP contribution is 2.26. The Kier molecular flexibility index (Phi) is 4.66. The van der Waals surface area contributed by atoms with Crippen LogP contribution in [0.15, 0.2) is 0 Å². The summed E-state index contributed by atoms with van der Waals surface area (Å²) < 4.78 is 0. The number of hydrogen-bond donors (Lipinski definition) is 2. The Morgan fingerprint density at radius 3 is 2.35 bits per heavy atom. The van der Waals surface area contributed by atoms with Crippen LogP contribution in [-0.2, 0) is 0 Å². The molecule has 0 aromatic carbocycles. The molecule has 4 heteroatoms. The number of hydrogen-bond acceptors (Lipinski definition) is 2. The maximum Gasteiger partial charge on any atom is 0.404 e. The average Bonchev–Trinajstić information content (AvgIpc) is 2.32. The monoisotopic (exact) mass is 240 g/mol. The van der Waals surface area contributed by atoms with E-state index in [-0.39, 0.29) is 6.04 Å². The Labute approximate surface area is 103 Å². The van der Waals surface area contributed by atoms with Gasteiger partial charge in [0.05, 0.1) is 0 Å². The van der Waals surface area contributed by atoms with Gasteiger partial charge in [0, 0.05) is 12.6 Å². The van der Waals surface area contributed by atoms with Gasteiger partial charge in [0.1, 0.15) is 0 Å². The van der Waals surface area contributed by atoms with Crippen LogP contribution >= 0.6 is 0 Å². The Hall–Kier alpha value is -0.770. The lowest BCUT2D eigenvalue weighted by Crippen LogP contribution is -2.40. The molecule has 1 saturated heterocycles. The summed E-state index contributed by atoms with van der Waals surface area (Å²) in [4.78, 5) is 13.1. The third-order valence-corrected chi connectivity index (χ3v) is 4.14. The number of piperidine rings is 1. The Balaban J connectivity index is 1.66. The van der Waals surface area contributed by atoms with Crippen LogP contribution in [-0.4, -0.2) is 41.8 Å². The zero-order valence-electron chi connectivity index (χ0n) is 10.5. The van der Waals surface area contributed by atoms with Gasteiger partial charge in [0.25, 0.3) is 0 Å². The molecule has 1 heterocycles. The summed E-state index contributed by atoms with van der Waals surface area (Å²) in [5, 5.41) is 11.3. The van der Waals surface area contributed by atoms with Crippen LogP contribution in [0.25, 0.3) is 0 Å². The largest absolute Gasteiger partial charge is 0.465 e. The SMILES string of the molecule is O=C(O)NC1CCC(CN2CCCCC2)CC1. The van der Waals surface area contributed by atoms with Crippen molar-refractivity contribution in [3.05, 3.63) is 0 Å². The highest BCUT2D eigenvalue weighted by molar-refractivity contribution is 5.64. The zero-order chi connectivity index (χ0) is 12.1. The van der Waals surface area contributed by atoms with Crippen LogP contribution in [0.1, 0.15) is 44.9 Å². The van der Waals surface area contributed by atoms with E-state index in [2.05, 4.69) is 10.2 Å². The van der Waals surface area contributed by atoms with E-state index in [1.165, 1.54) is 51.7 Å². The molecule has 2 aliphatic rings. The third kappa shape index (κ3) is 4.19. The van der Waals surface area contributed by atoms with Crippen LogP contribution in [0, 0.1) is 5.92 Å². The van der Waals surface area contributed by atoms with Crippen LogP contribution in [0.5, 0.6) is 0 Å². The van der Waals surface area contributed by atoms with E-state index in [0.717, 1.165) is 18.8 Å². The van der Waals surface area contributed by atoms with Gasteiger partial charge in [-0.15, -0.1) is 0 Å². The summed E-state index contributed by atoms with van der Waals surface area (Å²) >= 11 is 0. The quantitative estimate of drug-likeness (QED) is 0.796. The molecule has 0 unspecified atom stereocenters. The van der Waals surface area contributed by atoms with E-state index in [9.17, 15) is 4.79 Å². The second-order valence-electron chi connectivity index (χ2n) is 5.53. The van der Waals surface area contributed by atoms with Gasteiger partial charge in [-0.2, -0.15) is 0 Å². The topological polar surface area (TPSA) is 52.6 Å². The molecule has 2 rings (SSSR count). The molecule has 0 aromatic rings. The molecular weight excluding hydrogens is 216 g/mol. The molecule has 2 fully saturated rings. The van der Waals surface area contributed by atoms with Crippen molar-refractivity contribution in [2.75, 3.05) is 19.6 Å².